The van der Waals surface area contributed by atoms with Crippen molar-refractivity contribution in [1.82, 2.24) is 15.1 Å². The minimum atomic E-state index is -0.167. The molecule has 3 aromatic rings. The van der Waals surface area contributed by atoms with E-state index in [1.165, 1.54) is 6.92 Å². The Morgan fingerprint density at radius 1 is 1.07 bits per heavy atom. The molecule has 2 heterocycles. The number of amides is 2. The van der Waals surface area contributed by atoms with Crippen molar-refractivity contribution in [2.75, 3.05) is 18.0 Å². The SMILES string of the molecule is CC(=O)N1CC(C(=O)N(Cc2ccc(-c3nnc(C)o3)cc2)c2ccccc2)C1. The summed E-state index contributed by atoms with van der Waals surface area (Å²) >= 11 is 0. The van der Waals surface area contributed by atoms with Crippen LogP contribution in [-0.2, 0) is 16.1 Å². The van der Waals surface area contributed by atoms with E-state index in [1.54, 1.807) is 16.7 Å². The van der Waals surface area contributed by atoms with Crippen LogP contribution < -0.4 is 4.90 Å². The fraction of sp³-hybridized carbons (Fsp3) is 0.273. The number of aryl methyl sites for hydroxylation is 1. The number of para-hydroxylation sites is 1. The Labute approximate surface area is 169 Å². The van der Waals surface area contributed by atoms with E-state index in [2.05, 4.69) is 10.2 Å². The van der Waals surface area contributed by atoms with Gasteiger partial charge in [-0.1, -0.05) is 30.3 Å². The van der Waals surface area contributed by atoms with E-state index in [9.17, 15) is 9.59 Å². The molecule has 29 heavy (non-hydrogen) atoms. The van der Waals surface area contributed by atoms with Crippen molar-refractivity contribution < 1.29 is 14.0 Å². The van der Waals surface area contributed by atoms with E-state index in [0.29, 0.717) is 31.4 Å². The number of benzene rings is 2. The van der Waals surface area contributed by atoms with Crippen molar-refractivity contribution in [1.29, 1.82) is 0 Å². The topological polar surface area (TPSA) is 79.5 Å². The molecule has 2 amide bonds. The van der Waals surface area contributed by atoms with E-state index in [-0.39, 0.29) is 17.7 Å². The van der Waals surface area contributed by atoms with Crippen LogP contribution in [0.5, 0.6) is 0 Å². The standard InChI is InChI=1S/C22H22N4O3/c1-15-23-24-21(29-15)18-10-8-17(9-11-18)12-26(20-6-4-3-5-7-20)22(28)19-13-25(14-19)16(2)27/h3-11,19H,12-14H2,1-2H3. The first-order chi connectivity index (χ1) is 14.0. The zero-order valence-electron chi connectivity index (χ0n) is 16.4. The molecule has 148 valence electrons. The molecule has 0 radical (unpaired) electrons. The van der Waals surface area contributed by atoms with Crippen molar-refractivity contribution in [2.24, 2.45) is 5.92 Å². The Morgan fingerprint density at radius 2 is 1.76 bits per heavy atom. The van der Waals surface area contributed by atoms with Crippen molar-refractivity contribution in [3.8, 4) is 11.5 Å². The maximum absolute atomic E-state index is 13.1. The largest absolute Gasteiger partial charge is 0.421 e. The summed E-state index contributed by atoms with van der Waals surface area (Å²) in [5, 5.41) is 7.89. The number of hydrogen-bond acceptors (Lipinski definition) is 5. The number of hydrogen-bond donors (Lipinski definition) is 0. The van der Waals surface area contributed by atoms with Gasteiger partial charge < -0.3 is 14.2 Å². The second kappa shape index (κ2) is 7.87. The van der Waals surface area contributed by atoms with Gasteiger partial charge in [-0.2, -0.15) is 0 Å². The number of likely N-dealkylation sites (tertiary alicyclic amines) is 1. The summed E-state index contributed by atoms with van der Waals surface area (Å²) < 4.78 is 5.46. The van der Waals surface area contributed by atoms with Crippen LogP contribution in [0.1, 0.15) is 18.4 Å². The Kier molecular flexibility index (Phi) is 5.12. The Morgan fingerprint density at radius 3 is 2.34 bits per heavy atom. The fourth-order valence-electron chi connectivity index (χ4n) is 3.37. The monoisotopic (exact) mass is 390 g/mol. The highest BCUT2D eigenvalue weighted by Crippen LogP contribution is 2.25. The Bertz CT molecular complexity index is 1010. The molecule has 0 unspecified atom stereocenters. The third-order valence-electron chi connectivity index (χ3n) is 5.08. The second-order valence-corrected chi connectivity index (χ2v) is 7.20. The van der Waals surface area contributed by atoms with Crippen LogP contribution in [0.25, 0.3) is 11.5 Å². The van der Waals surface area contributed by atoms with Crippen LogP contribution in [0.3, 0.4) is 0 Å². The summed E-state index contributed by atoms with van der Waals surface area (Å²) in [5.41, 5.74) is 2.67. The molecule has 7 nitrogen and oxygen atoms in total. The summed E-state index contributed by atoms with van der Waals surface area (Å²) in [7, 11) is 0. The van der Waals surface area contributed by atoms with Gasteiger partial charge in [0.1, 0.15) is 0 Å². The molecule has 1 fully saturated rings. The lowest BCUT2D eigenvalue weighted by atomic mass is 9.97. The quantitative estimate of drug-likeness (QED) is 0.669. The van der Waals surface area contributed by atoms with E-state index in [0.717, 1.165) is 16.8 Å². The summed E-state index contributed by atoms with van der Waals surface area (Å²) in [4.78, 5) is 28.1. The second-order valence-electron chi connectivity index (χ2n) is 7.20. The number of carbonyl (C=O) groups is 2. The molecular weight excluding hydrogens is 368 g/mol. The summed E-state index contributed by atoms with van der Waals surface area (Å²) in [6, 6.07) is 17.4. The molecule has 0 saturated carbocycles. The molecule has 4 rings (SSSR count). The smallest absolute Gasteiger partial charge is 0.247 e. The third kappa shape index (κ3) is 4.03. The van der Waals surface area contributed by atoms with Crippen LogP contribution in [0.15, 0.2) is 59.0 Å². The Hall–Kier alpha value is -3.48. The zero-order chi connectivity index (χ0) is 20.4. The zero-order valence-corrected chi connectivity index (χ0v) is 16.4. The number of aromatic nitrogens is 2. The number of rotatable bonds is 5. The van der Waals surface area contributed by atoms with Gasteiger partial charge in [-0.25, -0.2) is 0 Å². The molecule has 0 spiro atoms. The lowest BCUT2D eigenvalue weighted by Gasteiger charge is -2.40. The minimum Gasteiger partial charge on any atom is -0.421 e. The average molecular weight is 390 g/mol. The molecule has 1 aromatic heterocycles. The van der Waals surface area contributed by atoms with Crippen LogP contribution in [0.4, 0.5) is 5.69 Å². The molecule has 2 aromatic carbocycles. The maximum atomic E-state index is 13.1. The van der Waals surface area contributed by atoms with Gasteiger partial charge in [0.2, 0.25) is 23.6 Å². The van der Waals surface area contributed by atoms with E-state index >= 15 is 0 Å². The summed E-state index contributed by atoms with van der Waals surface area (Å²) in [6.07, 6.45) is 0. The predicted octanol–water partition coefficient (Wildman–Crippen LogP) is 3.06. The van der Waals surface area contributed by atoms with E-state index in [1.807, 2.05) is 54.6 Å². The van der Waals surface area contributed by atoms with Gasteiger partial charge >= 0.3 is 0 Å². The van der Waals surface area contributed by atoms with Gasteiger partial charge in [-0.05, 0) is 29.8 Å². The van der Waals surface area contributed by atoms with Gasteiger partial charge in [0.15, 0.2) is 0 Å². The number of anilines is 1. The third-order valence-corrected chi connectivity index (χ3v) is 5.08. The normalized spacial score (nSPS) is 13.8. The van der Waals surface area contributed by atoms with Gasteiger partial charge in [0, 0.05) is 38.2 Å². The molecular formula is C22H22N4O3. The first-order valence-corrected chi connectivity index (χ1v) is 9.52. The molecule has 1 aliphatic heterocycles. The van der Waals surface area contributed by atoms with Gasteiger partial charge in [-0.3, -0.25) is 9.59 Å². The molecule has 7 heteroatoms. The maximum Gasteiger partial charge on any atom is 0.247 e. The van der Waals surface area contributed by atoms with Crippen LogP contribution in [-0.4, -0.2) is 40.0 Å². The summed E-state index contributed by atoms with van der Waals surface area (Å²) in [5.74, 6) is 0.867. The highest BCUT2D eigenvalue weighted by atomic mass is 16.4. The minimum absolute atomic E-state index is 0.00663. The molecule has 0 bridgehead atoms. The highest BCUT2D eigenvalue weighted by molar-refractivity contribution is 5.96. The van der Waals surface area contributed by atoms with Crippen LogP contribution in [0, 0.1) is 12.8 Å². The molecule has 0 aliphatic carbocycles. The lowest BCUT2D eigenvalue weighted by Crippen LogP contribution is -2.55. The first-order valence-electron chi connectivity index (χ1n) is 9.52. The number of carbonyl (C=O) groups excluding carboxylic acids is 2. The molecule has 1 saturated heterocycles. The van der Waals surface area contributed by atoms with Crippen molar-refractivity contribution in [3.63, 3.8) is 0 Å². The average Bonchev–Trinajstić information content (AvgIpc) is 3.12. The van der Waals surface area contributed by atoms with Crippen molar-refractivity contribution >= 4 is 17.5 Å². The van der Waals surface area contributed by atoms with E-state index < -0.39 is 0 Å². The van der Waals surface area contributed by atoms with E-state index in [4.69, 9.17) is 4.42 Å². The first kappa shape index (κ1) is 18.9. The molecule has 0 atom stereocenters. The summed E-state index contributed by atoms with van der Waals surface area (Å²) in [6.45, 7) is 4.69. The Balaban J connectivity index is 1.53. The van der Waals surface area contributed by atoms with Crippen molar-refractivity contribution in [2.45, 2.75) is 20.4 Å². The van der Waals surface area contributed by atoms with Crippen LogP contribution >= 0.6 is 0 Å². The lowest BCUT2D eigenvalue weighted by molar-refractivity contribution is -0.140. The van der Waals surface area contributed by atoms with Crippen molar-refractivity contribution in [3.05, 3.63) is 66.1 Å². The predicted molar refractivity (Wildman–Crippen MR) is 108 cm³/mol. The highest BCUT2D eigenvalue weighted by Gasteiger charge is 2.37. The molecule has 1 aliphatic rings. The fourth-order valence-corrected chi connectivity index (χ4v) is 3.37. The van der Waals surface area contributed by atoms with Gasteiger partial charge in [-0.15, -0.1) is 10.2 Å². The number of nitrogens with zero attached hydrogens (tertiary/aromatic N) is 4. The van der Waals surface area contributed by atoms with Gasteiger partial charge in [0.25, 0.3) is 0 Å². The van der Waals surface area contributed by atoms with Crippen LogP contribution in [0.2, 0.25) is 0 Å². The molecule has 0 N–H and O–H groups in total. The van der Waals surface area contributed by atoms with Gasteiger partial charge in [0.05, 0.1) is 12.5 Å².